The van der Waals surface area contributed by atoms with Gasteiger partial charge in [0.15, 0.2) is 0 Å². The van der Waals surface area contributed by atoms with Crippen molar-refractivity contribution in [2.75, 3.05) is 6.61 Å². The van der Waals surface area contributed by atoms with E-state index in [9.17, 15) is 9.59 Å². The first-order chi connectivity index (χ1) is 4.09. The van der Waals surface area contributed by atoms with Gasteiger partial charge < -0.3 is 5.11 Å². The number of carbonyl (C=O) groups excluding carboxylic acids is 2. The number of Topliss-reactive ketones (excluding diaryl/α,β-unsaturated/α-hetero) is 2. The summed E-state index contributed by atoms with van der Waals surface area (Å²) in [6.45, 7) is 2.22. The number of aliphatic hydroxyl groups excluding tert-OH is 1. The van der Waals surface area contributed by atoms with Crippen LogP contribution in [0.15, 0.2) is 0 Å². The van der Waals surface area contributed by atoms with E-state index in [1.165, 1.54) is 13.8 Å². The molecule has 0 aliphatic heterocycles. The van der Waals surface area contributed by atoms with Crippen LogP contribution in [0.1, 0.15) is 13.8 Å². The van der Waals surface area contributed by atoms with Crippen LogP contribution < -0.4 is 0 Å². The third-order valence-corrected chi connectivity index (χ3v) is 1.16. The molecule has 9 heavy (non-hydrogen) atoms. The lowest BCUT2D eigenvalue weighted by Crippen LogP contribution is -2.22. The second kappa shape index (κ2) is 3.35. The topological polar surface area (TPSA) is 54.4 Å². The standard InChI is InChI=1S/C6H10O3/c1-4(8)6(3-7)5(2)9/h6-7H,3H2,1-2H3. The molecule has 0 atom stereocenters. The van der Waals surface area contributed by atoms with Crippen LogP contribution >= 0.6 is 0 Å². The smallest absolute Gasteiger partial charge is 0.142 e. The Morgan fingerprint density at radius 2 is 1.67 bits per heavy atom. The van der Waals surface area contributed by atoms with Gasteiger partial charge in [-0.2, -0.15) is 0 Å². The van der Waals surface area contributed by atoms with Crippen LogP contribution in [0.4, 0.5) is 0 Å². The monoisotopic (exact) mass is 130 g/mol. The summed E-state index contributed by atoms with van der Waals surface area (Å²) in [6, 6.07) is 0. The van der Waals surface area contributed by atoms with Gasteiger partial charge in [0.2, 0.25) is 0 Å². The lowest BCUT2D eigenvalue weighted by molar-refractivity contribution is -0.131. The molecule has 0 aromatic heterocycles. The molecule has 0 radical (unpaired) electrons. The van der Waals surface area contributed by atoms with Gasteiger partial charge in [-0.1, -0.05) is 0 Å². The highest BCUT2D eigenvalue weighted by molar-refractivity contribution is 6.00. The summed E-state index contributed by atoms with van der Waals surface area (Å²) in [5, 5.41) is 8.43. The minimum Gasteiger partial charge on any atom is -0.395 e. The molecule has 1 N–H and O–H groups in total. The average molecular weight is 130 g/mol. The molecular formula is C6H10O3. The van der Waals surface area contributed by atoms with E-state index in [2.05, 4.69) is 0 Å². The van der Waals surface area contributed by atoms with Crippen LogP contribution in [-0.2, 0) is 9.59 Å². The van der Waals surface area contributed by atoms with Gasteiger partial charge in [0.25, 0.3) is 0 Å². The fourth-order valence-electron chi connectivity index (χ4n) is 0.543. The van der Waals surface area contributed by atoms with Crippen LogP contribution in [0.25, 0.3) is 0 Å². The molecule has 0 amide bonds. The molecule has 3 nitrogen and oxygen atoms in total. The quantitative estimate of drug-likeness (QED) is 0.537. The SMILES string of the molecule is CC(=O)C(CO)C(C)=O. The molecule has 3 heteroatoms. The molecule has 0 aromatic carbocycles. The number of aliphatic hydroxyl groups is 1. The zero-order chi connectivity index (χ0) is 7.44. The van der Waals surface area contributed by atoms with Crippen LogP contribution in [0, 0.1) is 5.92 Å². The first-order valence-electron chi connectivity index (χ1n) is 2.71. The lowest BCUT2D eigenvalue weighted by Gasteiger charge is -2.02. The van der Waals surface area contributed by atoms with Gasteiger partial charge in [-0.3, -0.25) is 9.59 Å². The number of carbonyl (C=O) groups is 2. The van der Waals surface area contributed by atoms with E-state index in [1.54, 1.807) is 0 Å². The Hall–Kier alpha value is -0.700. The van der Waals surface area contributed by atoms with Gasteiger partial charge in [0.05, 0.1) is 12.5 Å². The van der Waals surface area contributed by atoms with Crippen molar-refractivity contribution >= 4 is 11.6 Å². The van der Waals surface area contributed by atoms with Crippen molar-refractivity contribution in [3.8, 4) is 0 Å². The molecule has 0 rings (SSSR count). The van der Waals surface area contributed by atoms with Crippen LogP contribution in [0.3, 0.4) is 0 Å². The average Bonchev–Trinajstić information content (AvgIpc) is 1.64. The van der Waals surface area contributed by atoms with Gasteiger partial charge >= 0.3 is 0 Å². The van der Waals surface area contributed by atoms with Crippen molar-refractivity contribution in [1.29, 1.82) is 0 Å². The zero-order valence-electron chi connectivity index (χ0n) is 5.55. The highest BCUT2D eigenvalue weighted by Gasteiger charge is 2.16. The minimum atomic E-state index is -0.801. The number of hydrogen-bond donors (Lipinski definition) is 1. The van der Waals surface area contributed by atoms with E-state index in [4.69, 9.17) is 5.11 Å². The van der Waals surface area contributed by atoms with E-state index >= 15 is 0 Å². The summed E-state index contributed by atoms with van der Waals surface area (Å²) in [7, 11) is 0. The maximum atomic E-state index is 10.4. The van der Waals surface area contributed by atoms with Gasteiger partial charge in [-0.15, -0.1) is 0 Å². The van der Waals surface area contributed by atoms with Crippen molar-refractivity contribution in [2.24, 2.45) is 5.92 Å². The fraction of sp³-hybridized carbons (Fsp3) is 0.667. The largest absolute Gasteiger partial charge is 0.395 e. The zero-order valence-corrected chi connectivity index (χ0v) is 5.55. The molecule has 0 saturated heterocycles. The second-order valence-corrected chi connectivity index (χ2v) is 1.96. The molecule has 0 aliphatic rings. The van der Waals surface area contributed by atoms with Crippen molar-refractivity contribution in [3.63, 3.8) is 0 Å². The van der Waals surface area contributed by atoms with E-state index in [1.807, 2.05) is 0 Å². The molecule has 0 spiro atoms. The normalized spacial score (nSPS) is 9.78. The van der Waals surface area contributed by atoms with Crippen molar-refractivity contribution in [1.82, 2.24) is 0 Å². The van der Waals surface area contributed by atoms with Crippen LogP contribution in [0.2, 0.25) is 0 Å². The first-order valence-corrected chi connectivity index (χ1v) is 2.71. The summed E-state index contributed by atoms with van der Waals surface area (Å²) in [5.74, 6) is -1.35. The highest BCUT2D eigenvalue weighted by Crippen LogP contribution is 1.96. The summed E-state index contributed by atoms with van der Waals surface area (Å²) >= 11 is 0. The maximum Gasteiger partial charge on any atom is 0.142 e. The van der Waals surface area contributed by atoms with Crippen molar-refractivity contribution < 1.29 is 14.7 Å². The van der Waals surface area contributed by atoms with Crippen molar-refractivity contribution in [2.45, 2.75) is 13.8 Å². The van der Waals surface area contributed by atoms with Crippen LogP contribution in [-0.4, -0.2) is 23.3 Å². The Morgan fingerprint density at radius 1 is 1.33 bits per heavy atom. The van der Waals surface area contributed by atoms with Gasteiger partial charge in [0.1, 0.15) is 11.6 Å². The molecule has 0 aliphatic carbocycles. The number of ketones is 2. The highest BCUT2D eigenvalue weighted by atomic mass is 16.3. The fourth-order valence-corrected chi connectivity index (χ4v) is 0.543. The third-order valence-electron chi connectivity index (χ3n) is 1.16. The number of rotatable bonds is 3. The van der Waals surface area contributed by atoms with Gasteiger partial charge in [0, 0.05) is 0 Å². The molecule has 0 bridgehead atoms. The number of hydrogen-bond acceptors (Lipinski definition) is 3. The van der Waals surface area contributed by atoms with Crippen molar-refractivity contribution in [3.05, 3.63) is 0 Å². The molecular weight excluding hydrogens is 120 g/mol. The van der Waals surface area contributed by atoms with E-state index in [-0.39, 0.29) is 18.2 Å². The Labute approximate surface area is 53.7 Å². The minimum absolute atomic E-state index is 0.273. The van der Waals surface area contributed by atoms with E-state index < -0.39 is 5.92 Å². The lowest BCUT2D eigenvalue weighted by atomic mass is 10.0. The Balaban J connectivity index is 3.99. The van der Waals surface area contributed by atoms with E-state index in [0.717, 1.165) is 0 Å². The third kappa shape index (κ3) is 2.37. The maximum absolute atomic E-state index is 10.4. The predicted octanol–water partition coefficient (Wildman–Crippen LogP) is -0.227. The first kappa shape index (κ1) is 8.30. The second-order valence-electron chi connectivity index (χ2n) is 1.96. The van der Waals surface area contributed by atoms with E-state index in [0.29, 0.717) is 0 Å². The molecule has 0 aromatic rings. The Kier molecular flexibility index (Phi) is 3.09. The van der Waals surface area contributed by atoms with Gasteiger partial charge in [-0.05, 0) is 13.8 Å². The molecule has 0 unspecified atom stereocenters. The molecule has 0 fully saturated rings. The van der Waals surface area contributed by atoms with Gasteiger partial charge in [-0.25, -0.2) is 0 Å². The summed E-state index contributed by atoms with van der Waals surface area (Å²) < 4.78 is 0. The Morgan fingerprint density at radius 3 is 1.67 bits per heavy atom. The summed E-state index contributed by atoms with van der Waals surface area (Å²) in [5.41, 5.74) is 0. The molecule has 0 saturated carbocycles. The Bertz CT molecular complexity index is 114. The summed E-state index contributed by atoms with van der Waals surface area (Å²) in [4.78, 5) is 20.9. The summed E-state index contributed by atoms with van der Waals surface area (Å²) in [6.07, 6.45) is 0. The van der Waals surface area contributed by atoms with Crippen LogP contribution in [0.5, 0.6) is 0 Å². The predicted molar refractivity (Wildman–Crippen MR) is 31.9 cm³/mol. The molecule has 0 heterocycles. The molecule has 52 valence electrons.